The quantitative estimate of drug-likeness (QED) is 0.0467. The highest BCUT2D eigenvalue weighted by molar-refractivity contribution is 6.87. The average Bonchev–Trinajstić information content (AvgIpc) is 2.97. The molecule has 0 spiro atoms. The first-order valence-corrected chi connectivity index (χ1v) is 22.1. The van der Waals surface area contributed by atoms with Gasteiger partial charge in [-0.1, -0.05) is 98.5 Å². The SMILES string of the molecule is COc1ccc(COCCCCCC/C=C/[C@@H](C#C[Si](C)(C)C(C)(C)C)O[Si](CCC(F)(F)C(F)(F)C(F)(F)F)(C(C)C)C(C)C)cc1. The first kappa shape index (κ1) is 44.2. The molecule has 12 heteroatoms. The van der Waals surface area contributed by atoms with Crippen LogP contribution in [0.1, 0.15) is 92.6 Å². The second kappa shape index (κ2) is 18.4. The summed E-state index contributed by atoms with van der Waals surface area (Å²) in [5, 5.41) is -0.0670. The number of hydrogen-bond acceptors (Lipinski definition) is 3. The molecule has 0 saturated carbocycles. The van der Waals surface area contributed by atoms with Crippen molar-refractivity contribution >= 4 is 16.4 Å². The molecule has 0 N–H and O–H groups in total. The van der Waals surface area contributed by atoms with Crippen LogP contribution in [0.25, 0.3) is 0 Å². The van der Waals surface area contributed by atoms with Gasteiger partial charge < -0.3 is 13.9 Å². The van der Waals surface area contributed by atoms with Gasteiger partial charge in [0.15, 0.2) is 8.32 Å². The Balaban J connectivity index is 2.99. The molecule has 0 aliphatic carbocycles. The van der Waals surface area contributed by atoms with Crippen molar-refractivity contribution in [3.63, 3.8) is 0 Å². The molecule has 0 bridgehead atoms. The molecule has 276 valence electrons. The average molecular weight is 727 g/mol. The highest BCUT2D eigenvalue weighted by atomic mass is 28.4. The molecule has 1 atom stereocenters. The van der Waals surface area contributed by atoms with Crippen LogP contribution in [-0.4, -0.2) is 54.2 Å². The van der Waals surface area contributed by atoms with Gasteiger partial charge in [-0.2, -0.15) is 30.7 Å². The molecule has 0 radical (unpaired) electrons. The highest BCUT2D eigenvalue weighted by Crippen LogP contribution is 2.51. The second-order valence-corrected chi connectivity index (χ2v) is 24.7. The van der Waals surface area contributed by atoms with Crippen LogP contribution >= 0.6 is 0 Å². The third-order valence-corrected chi connectivity index (χ3v) is 19.6. The normalized spacial score (nSPS) is 14.5. The van der Waals surface area contributed by atoms with E-state index in [1.54, 1.807) is 40.9 Å². The summed E-state index contributed by atoms with van der Waals surface area (Å²) < 4.78 is 113. The minimum absolute atomic E-state index is 0.0670. The van der Waals surface area contributed by atoms with Gasteiger partial charge in [-0.05, 0) is 65.2 Å². The lowest BCUT2D eigenvalue weighted by Gasteiger charge is -2.41. The predicted molar refractivity (Wildman–Crippen MR) is 186 cm³/mol. The molecule has 0 aromatic heterocycles. The number of unbranched alkanes of at least 4 members (excludes halogenated alkanes) is 4. The molecule has 0 heterocycles. The van der Waals surface area contributed by atoms with Crippen molar-refractivity contribution in [3.8, 4) is 17.2 Å². The fourth-order valence-corrected chi connectivity index (χ4v) is 10.4. The van der Waals surface area contributed by atoms with Gasteiger partial charge in [0, 0.05) is 13.0 Å². The number of halogens is 7. The molecule has 0 aliphatic rings. The Hall–Kier alpha value is -1.82. The van der Waals surface area contributed by atoms with Crippen LogP contribution in [0.4, 0.5) is 30.7 Å². The molecule has 0 aliphatic heterocycles. The van der Waals surface area contributed by atoms with Gasteiger partial charge in [0.05, 0.1) is 13.7 Å². The number of methoxy groups -OCH3 is 1. The van der Waals surface area contributed by atoms with Crippen LogP contribution in [0, 0.1) is 11.5 Å². The van der Waals surface area contributed by atoms with Crippen molar-refractivity contribution in [3.05, 3.63) is 42.0 Å². The van der Waals surface area contributed by atoms with Crippen molar-refractivity contribution in [1.29, 1.82) is 0 Å². The largest absolute Gasteiger partial charge is 0.497 e. The minimum Gasteiger partial charge on any atom is -0.497 e. The Morgan fingerprint density at radius 2 is 1.40 bits per heavy atom. The van der Waals surface area contributed by atoms with Crippen molar-refractivity contribution < 1.29 is 44.6 Å². The van der Waals surface area contributed by atoms with Gasteiger partial charge in [0.25, 0.3) is 0 Å². The maximum atomic E-state index is 14.5. The summed E-state index contributed by atoms with van der Waals surface area (Å²) in [5.41, 5.74) is 3.80. The van der Waals surface area contributed by atoms with Gasteiger partial charge in [-0.3, -0.25) is 0 Å². The van der Waals surface area contributed by atoms with Crippen molar-refractivity contribution in [2.24, 2.45) is 0 Å². The number of ether oxygens (including phenoxy) is 2. The Labute approximate surface area is 286 Å². The summed E-state index contributed by atoms with van der Waals surface area (Å²) in [6.07, 6.45) is -0.554. The second-order valence-electron chi connectivity index (χ2n) is 14.8. The number of benzene rings is 1. The fraction of sp³-hybridized carbons (Fsp3) is 0.722. The summed E-state index contributed by atoms with van der Waals surface area (Å²) in [4.78, 5) is 0. The molecule has 3 nitrogen and oxygen atoms in total. The van der Waals surface area contributed by atoms with Crippen molar-refractivity contribution in [1.82, 2.24) is 0 Å². The van der Waals surface area contributed by atoms with Gasteiger partial charge in [-0.15, -0.1) is 5.54 Å². The van der Waals surface area contributed by atoms with Crippen LogP contribution in [-0.2, 0) is 15.8 Å². The zero-order chi connectivity index (χ0) is 37.0. The first-order chi connectivity index (χ1) is 21.9. The van der Waals surface area contributed by atoms with Gasteiger partial charge in [0.2, 0.25) is 0 Å². The number of alkyl halides is 7. The van der Waals surface area contributed by atoms with Crippen LogP contribution in [0.5, 0.6) is 5.75 Å². The summed E-state index contributed by atoms with van der Waals surface area (Å²) in [5.74, 6) is -7.38. The first-order valence-electron chi connectivity index (χ1n) is 16.8. The van der Waals surface area contributed by atoms with E-state index in [1.165, 1.54) is 0 Å². The fourth-order valence-electron chi connectivity index (χ4n) is 5.04. The van der Waals surface area contributed by atoms with Crippen LogP contribution in [0.15, 0.2) is 36.4 Å². The maximum Gasteiger partial charge on any atom is 0.459 e. The van der Waals surface area contributed by atoms with Gasteiger partial charge in [0.1, 0.15) is 19.9 Å². The summed E-state index contributed by atoms with van der Waals surface area (Å²) in [6, 6.07) is 7.16. The molecule has 0 fully saturated rings. The molecular formula is C36H57F7O3Si2. The van der Waals surface area contributed by atoms with Gasteiger partial charge in [-0.25, -0.2) is 0 Å². The third kappa shape index (κ3) is 12.8. The number of rotatable bonds is 19. The van der Waals surface area contributed by atoms with E-state index < -0.39 is 53.0 Å². The van der Waals surface area contributed by atoms with E-state index in [-0.39, 0.29) is 16.1 Å². The molecule has 48 heavy (non-hydrogen) atoms. The van der Waals surface area contributed by atoms with Crippen LogP contribution < -0.4 is 4.74 Å². The number of hydrogen-bond donors (Lipinski definition) is 0. The molecule has 1 aromatic rings. The maximum absolute atomic E-state index is 14.5. The number of allylic oxidation sites excluding steroid dienone is 1. The molecular weight excluding hydrogens is 670 g/mol. The third-order valence-electron chi connectivity index (χ3n) is 9.50. The molecule has 1 rings (SSSR count). The molecule has 0 saturated heterocycles. The van der Waals surface area contributed by atoms with Crippen molar-refractivity contribution in [2.45, 2.75) is 153 Å². The van der Waals surface area contributed by atoms with Crippen LogP contribution in [0.3, 0.4) is 0 Å². The van der Waals surface area contributed by atoms with Crippen LogP contribution in [0.2, 0.25) is 35.3 Å². The van der Waals surface area contributed by atoms with E-state index in [1.807, 2.05) is 30.3 Å². The Kier molecular flexibility index (Phi) is 17.0. The van der Waals surface area contributed by atoms with E-state index in [0.29, 0.717) is 13.2 Å². The van der Waals surface area contributed by atoms with Crippen molar-refractivity contribution in [2.75, 3.05) is 13.7 Å². The van der Waals surface area contributed by atoms with E-state index in [9.17, 15) is 30.7 Å². The molecule has 1 aromatic carbocycles. The topological polar surface area (TPSA) is 27.7 Å². The Morgan fingerprint density at radius 3 is 1.90 bits per heavy atom. The molecule has 0 unspecified atom stereocenters. The van der Waals surface area contributed by atoms with E-state index >= 15 is 0 Å². The predicted octanol–water partition coefficient (Wildman–Crippen LogP) is 12.1. The van der Waals surface area contributed by atoms with Gasteiger partial charge >= 0.3 is 18.0 Å². The van der Waals surface area contributed by atoms with E-state index in [2.05, 4.69) is 45.3 Å². The highest BCUT2D eigenvalue weighted by Gasteiger charge is 2.72. The monoisotopic (exact) mass is 726 g/mol. The Morgan fingerprint density at radius 1 is 0.833 bits per heavy atom. The summed E-state index contributed by atoms with van der Waals surface area (Å²) >= 11 is 0. The smallest absolute Gasteiger partial charge is 0.459 e. The van der Waals surface area contributed by atoms with E-state index in [0.717, 1.165) is 43.4 Å². The molecule has 0 amide bonds. The lowest BCUT2D eigenvalue weighted by molar-refractivity contribution is -0.354. The zero-order valence-corrected chi connectivity index (χ0v) is 32.4. The minimum atomic E-state index is -6.36. The standard InChI is InChI=1S/C36H57F7O3Si2/c1-28(2)48(29(3)4,26-23-34(37,38)35(39,40)36(41,42)43)46-32(22-25-47(9,10)33(5,6)7)17-15-13-11-12-14-16-24-45-27-30-18-20-31(44-8)21-19-30/h15,17-21,28-29,32H,11-14,16,23-24,26-27H2,1-10H3/b17-15+/t32-/m0/s1. The Bertz CT molecular complexity index is 1170. The summed E-state index contributed by atoms with van der Waals surface area (Å²) in [7, 11) is -3.86. The zero-order valence-electron chi connectivity index (χ0n) is 30.4. The summed E-state index contributed by atoms with van der Waals surface area (Å²) in [6.45, 7) is 18.8. The van der Waals surface area contributed by atoms with E-state index in [4.69, 9.17) is 13.9 Å². The lowest BCUT2D eigenvalue weighted by atomic mass is 10.1. The lowest BCUT2D eigenvalue weighted by Crippen LogP contribution is -2.54.